The van der Waals surface area contributed by atoms with Crippen LogP contribution < -0.4 is 10.6 Å². The Morgan fingerprint density at radius 1 is 1.27 bits per heavy atom. The molecule has 1 aromatic carbocycles. The monoisotopic (exact) mass is 384 g/mol. The molecular formula is C19H26ClFN2O3. The third-order valence-electron chi connectivity index (χ3n) is 5.80. The Kier molecular flexibility index (Phi) is 5.75. The molecule has 2 bridgehead atoms. The van der Waals surface area contributed by atoms with E-state index in [-0.39, 0.29) is 10.6 Å². The van der Waals surface area contributed by atoms with Crippen molar-refractivity contribution in [3.8, 4) is 0 Å². The van der Waals surface area contributed by atoms with Crippen molar-refractivity contribution in [3.63, 3.8) is 0 Å². The van der Waals surface area contributed by atoms with E-state index in [4.69, 9.17) is 16.7 Å². The Morgan fingerprint density at radius 2 is 2.00 bits per heavy atom. The molecule has 3 aliphatic carbocycles. The van der Waals surface area contributed by atoms with E-state index < -0.39 is 18.0 Å². The SMILES string of the molecule is O=C(O)NCCCCCC12CC(NCC(O)c3ccc(Cl)c(F)c3)(C1)C2. The minimum Gasteiger partial charge on any atom is -0.465 e. The average molecular weight is 385 g/mol. The highest BCUT2D eigenvalue weighted by Crippen LogP contribution is 2.69. The number of carboxylic acid groups (broad SMARTS) is 1. The molecule has 7 heteroatoms. The van der Waals surface area contributed by atoms with Crippen molar-refractivity contribution in [3.05, 3.63) is 34.6 Å². The third kappa shape index (κ3) is 4.30. The maximum Gasteiger partial charge on any atom is 0.404 e. The van der Waals surface area contributed by atoms with Gasteiger partial charge < -0.3 is 20.8 Å². The molecule has 1 unspecified atom stereocenters. The van der Waals surface area contributed by atoms with E-state index in [1.165, 1.54) is 18.6 Å². The topological polar surface area (TPSA) is 81.6 Å². The fraction of sp³-hybridized carbons (Fsp3) is 0.632. The fourth-order valence-corrected chi connectivity index (χ4v) is 4.72. The van der Waals surface area contributed by atoms with Gasteiger partial charge in [0.25, 0.3) is 0 Å². The standard InChI is InChI=1S/C19H26ClFN2O3/c20-14-5-4-13(8-15(14)21)16(24)9-23-19-10-18(11-19,12-19)6-2-1-3-7-22-17(25)26/h4-5,8,16,22-24H,1-3,6-7,9-12H2,(H,25,26). The zero-order chi connectivity index (χ0) is 18.8. The van der Waals surface area contributed by atoms with Crippen molar-refractivity contribution in [1.29, 1.82) is 0 Å². The van der Waals surface area contributed by atoms with Crippen molar-refractivity contribution in [2.45, 2.75) is 56.6 Å². The number of hydrogen-bond acceptors (Lipinski definition) is 3. The summed E-state index contributed by atoms with van der Waals surface area (Å²) in [5.41, 5.74) is 1.14. The Bertz CT molecular complexity index is 650. The minimum absolute atomic E-state index is 0.0639. The Balaban J connectivity index is 1.32. The molecule has 1 amide bonds. The summed E-state index contributed by atoms with van der Waals surface area (Å²) in [5, 5.41) is 24.7. The molecule has 0 spiro atoms. The van der Waals surface area contributed by atoms with E-state index in [1.807, 2.05) is 0 Å². The van der Waals surface area contributed by atoms with Crippen LogP contribution in [0.2, 0.25) is 5.02 Å². The third-order valence-corrected chi connectivity index (χ3v) is 6.11. The second kappa shape index (κ2) is 7.71. The van der Waals surface area contributed by atoms with E-state index in [2.05, 4.69) is 10.6 Å². The summed E-state index contributed by atoms with van der Waals surface area (Å²) in [5.74, 6) is -0.508. The van der Waals surface area contributed by atoms with Gasteiger partial charge in [0.1, 0.15) is 5.82 Å². The normalized spacial score (nSPS) is 27.3. The first-order valence-electron chi connectivity index (χ1n) is 9.18. The summed E-state index contributed by atoms with van der Waals surface area (Å²) in [6.45, 7) is 0.940. The van der Waals surface area contributed by atoms with Gasteiger partial charge in [-0.05, 0) is 55.2 Å². The average Bonchev–Trinajstić information content (AvgIpc) is 2.52. The lowest BCUT2D eigenvalue weighted by atomic mass is 9.38. The number of aliphatic hydroxyl groups is 1. The Labute approximate surface area is 157 Å². The highest BCUT2D eigenvalue weighted by Gasteiger charge is 2.66. The quantitative estimate of drug-likeness (QED) is 0.462. The van der Waals surface area contributed by atoms with Gasteiger partial charge in [-0.2, -0.15) is 0 Å². The van der Waals surface area contributed by atoms with Gasteiger partial charge in [-0.15, -0.1) is 0 Å². The summed E-state index contributed by atoms with van der Waals surface area (Å²) in [4.78, 5) is 10.4. The van der Waals surface area contributed by atoms with Crippen LogP contribution in [0.5, 0.6) is 0 Å². The van der Waals surface area contributed by atoms with Crippen LogP contribution in [0.1, 0.15) is 56.6 Å². The number of carbonyl (C=O) groups is 1. The van der Waals surface area contributed by atoms with Gasteiger partial charge >= 0.3 is 6.09 Å². The molecule has 0 aliphatic heterocycles. The van der Waals surface area contributed by atoms with Crippen molar-refractivity contribution in [2.24, 2.45) is 5.41 Å². The summed E-state index contributed by atoms with van der Waals surface area (Å²) in [6, 6.07) is 4.41. The lowest BCUT2D eigenvalue weighted by Crippen LogP contribution is -2.73. The lowest BCUT2D eigenvalue weighted by molar-refractivity contribution is -0.162. The second-order valence-corrected chi connectivity index (χ2v) is 8.33. The van der Waals surface area contributed by atoms with Crippen molar-refractivity contribution < 1.29 is 19.4 Å². The summed E-state index contributed by atoms with van der Waals surface area (Å²) < 4.78 is 13.5. The molecule has 1 atom stereocenters. The number of aliphatic hydroxyl groups excluding tert-OH is 1. The summed E-state index contributed by atoms with van der Waals surface area (Å²) in [7, 11) is 0. The zero-order valence-electron chi connectivity index (χ0n) is 14.7. The number of halogens is 2. The smallest absolute Gasteiger partial charge is 0.404 e. The second-order valence-electron chi connectivity index (χ2n) is 7.92. The number of amides is 1. The van der Waals surface area contributed by atoms with Crippen molar-refractivity contribution in [1.82, 2.24) is 10.6 Å². The molecule has 4 rings (SSSR count). The predicted octanol–water partition coefficient (Wildman–Crippen LogP) is 3.85. The maximum atomic E-state index is 13.5. The van der Waals surface area contributed by atoms with E-state index in [0.717, 1.165) is 38.5 Å². The molecule has 3 saturated carbocycles. The number of rotatable bonds is 10. The first-order chi connectivity index (χ1) is 12.3. The maximum absolute atomic E-state index is 13.5. The van der Waals surface area contributed by atoms with Gasteiger partial charge in [-0.3, -0.25) is 0 Å². The molecule has 0 radical (unpaired) electrons. The van der Waals surface area contributed by atoms with Gasteiger partial charge in [-0.1, -0.05) is 30.5 Å². The van der Waals surface area contributed by atoms with E-state index in [0.29, 0.717) is 24.1 Å². The van der Waals surface area contributed by atoms with E-state index in [9.17, 15) is 14.3 Å². The van der Waals surface area contributed by atoms with Gasteiger partial charge in [0.2, 0.25) is 0 Å². The number of β-amino-alcohol motifs (C(OH)–C–C–N with tert-alkyl or cyclic N) is 1. The fourth-order valence-electron chi connectivity index (χ4n) is 4.60. The first-order valence-corrected chi connectivity index (χ1v) is 9.56. The van der Waals surface area contributed by atoms with Crippen LogP contribution in [0, 0.1) is 11.2 Å². The van der Waals surface area contributed by atoms with Gasteiger partial charge in [0.15, 0.2) is 0 Å². The van der Waals surface area contributed by atoms with Crippen LogP contribution in [0.3, 0.4) is 0 Å². The molecular weight excluding hydrogens is 359 g/mol. The van der Waals surface area contributed by atoms with Gasteiger partial charge in [0.05, 0.1) is 11.1 Å². The number of hydrogen-bond donors (Lipinski definition) is 4. The summed E-state index contributed by atoms with van der Waals surface area (Å²) >= 11 is 5.67. The highest BCUT2D eigenvalue weighted by atomic mass is 35.5. The van der Waals surface area contributed by atoms with Crippen LogP contribution in [0.4, 0.5) is 9.18 Å². The molecule has 26 heavy (non-hydrogen) atoms. The first kappa shape index (κ1) is 19.4. The van der Waals surface area contributed by atoms with E-state index >= 15 is 0 Å². The number of nitrogens with one attached hydrogen (secondary N) is 2. The largest absolute Gasteiger partial charge is 0.465 e. The molecule has 4 N–H and O–H groups in total. The molecule has 0 heterocycles. The summed E-state index contributed by atoms with van der Waals surface area (Å²) in [6.07, 6.45) is 5.95. The minimum atomic E-state index is -0.957. The van der Waals surface area contributed by atoms with E-state index in [1.54, 1.807) is 6.07 Å². The molecule has 1 aromatic rings. The molecule has 3 fully saturated rings. The lowest BCUT2D eigenvalue weighted by Gasteiger charge is -2.71. The number of unbranched alkanes of at least 4 members (excludes halogenated alkanes) is 2. The van der Waals surface area contributed by atoms with Gasteiger partial charge in [0, 0.05) is 18.6 Å². The predicted molar refractivity (Wildman–Crippen MR) is 97.9 cm³/mol. The molecule has 3 aliphatic rings. The molecule has 5 nitrogen and oxygen atoms in total. The number of benzene rings is 1. The van der Waals surface area contributed by atoms with Crippen molar-refractivity contribution in [2.75, 3.05) is 13.1 Å². The Morgan fingerprint density at radius 3 is 2.65 bits per heavy atom. The van der Waals surface area contributed by atoms with Crippen LogP contribution in [0.25, 0.3) is 0 Å². The van der Waals surface area contributed by atoms with Gasteiger partial charge in [-0.25, -0.2) is 9.18 Å². The van der Waals surface area contributed by atoms with Crippen LogP contribution in [-0.4, -0.2) is 34.9 Å². The van der Waals surface area contributed by atoms with Crippen LogP contribution >= 0.6 is 11.6 Å². The molecule has 0 saturated heterocycles. The van der Waals surface area contributed by atoms with Crippen LogP contribution in [-0.2, 0) is 0 Å². The molecule has 0 aromatic heterocycles. The zero-order valence-corrected chi connectivity index (χ0v) is 15.5. The van der Waals surface area contributed by atoms with Crippen molar-refractivity contribution >= 4 is 17.7 Å². The Hall–Kier alpha value is -1.37. The highest BCUT2D eigenvalue weighted by molar-refractivity contribution is 6.30. The molecule has 144 valence electrons. The van der Waals surface area contributed by atoms with Crippen LogP contribution in [0.15, 0.2) is 18.2 Å².